The molecule has 21 heavy (non-hydrogen) atoms. The predicted octanol–water partition coefficient (Wildman–Crippen LogP) is 4.74. The van der Waals surface area contributed by atoms with E-state index < -0.39 is 0 Å². The molecule has 0 spiro atoms. The van der Waals surface area contributed by atoms with Gasteiger partial charge < -0.3 is 10.1 Å². The lowest BCUT2D eigenvalue weighted by Crippen LogP contribution is -2.24. The first kappa shape index (κ1) is 16.1. The highest BCUT2D eigenvalue weighted by molar-refractivity contribution is 9.10. The lowest BCUT2D eigenvalue weighted by Gasteiger charge is -2.20. The minimum absolute atomic E-state index is 0.291. The molecule has 2 rings (SSSR count). The van der Waals surface area contributed by atoms with Gasteiger partial charge in [-0.1, -0.05) is 53.2 Å². The second-order valence-corrected chi connectivity index (χ2v) is 5.99. The molecule has 0 radical (unpaired) electrons. The lowest BCUT2D eigenvalue weighted by atomic mass is 9.98. The zero-order valence-corrected chi connectivity index (χ0v) is 14.2. The molecule has 0 aliphatic heterocycles. The van der Waals surface area contributed by atoms with Crippen LogP contribution in [0.5, 0.6) is 5.75 Å². The van der Waals surface area contributed by atoms with E-state index in [-0.39, 0.29) is 0 Å². The molecule has 1 unspecified atom stereocenters. The van der Waals surface area contributed by atoms with Crippen LogP contribution in [0, 0.1) is 0 Å². The molecule has 0 saturated heterocycles. The van der Waals surface area contributed by atoms with E-state index in [0.717, 1.165) is 29.6 Å². The lowest BCUT2D eigenvalue weighted by molar-refractivity contribution is 0.405. The van der Waals surface area contributed by atoms with Crippen molar-refractivity contribution in [2.45, 2.75) is 25.8 Å². The maximum absolute atomic E-state index is 5.47. The summed E-state index contributed by atoms with van der Waals surface area (Å²) in [6.45, 7) is 3.19. The van der Waals surface area contributed by atoms with Crippen LogP contribution in [0.3, 0.4) is 0 Å². The summed E-state index contributed by atoms with van der Waals surface area (Å²) in [7, 11) is 1.73. The number of para-hydroxylation sites is 1. The Bertz CT molecular complexity index is 571. The van der Waals surface area contributed by atoms with Crippen molar-refractivity contribution in [3.63, 3.8) is 0 Å². The third-order valence-corrected chi connectivity index (χ3v) is 4.00. The number of benzene rings is 2. The molecule has 0 aliphatic carbocycles. The highest BCUT2D eigenvalue weighted by atomic mass is 79.9. The van der Waals surface area contributed by atoms with Crippen LogP contribution in [0.15, 0.2) is 53.0 Å². The topological polar surface area (TPSA) is 21.3 Å². The Morgan fingerprint density at radius 1 is 1.14 bits per heavy atom. The quantitative estimate of drug-likeness (QED) is 0.780. The van der Waals surface area contributed by atoms with Crippen LogP contribution in [0.2, 0.25) is 0 Å². The molecule has 0 bridgehead atoms. The van der Waals surface area contributed by atoms with Gasteiger partial charge in [-0.3, -0.25) is 0 Å². The van der Waals surface area contributed by atoms with Crippen molar-refractivity contribution in [3.05, 3.63) is 64.1 Å². The van der Waals surface area contributed by atoms with Crippen molar-refractivity contribution in [1.29, 1.82) is 0 Å². The Balaban J connectivity index is 2.24. The van der Waals surface area contributed by atoms with Gasteiger partial charge in [-0.05, 0) is 48.7 Å². The van der Waals surface area contributed by atoms with E-state index in [4.69, 9.17) is 4.74 Å². The summed E-state index contributed by atoms with van der Waals surface area (Å²) in [5, 5.41) is 3.64. The molecule has 2 aromatic rings. The monoisotopic (exact) mass is 347 g/mol. The van der Waals surface area contributed by atoms with E-state index in [0.29, 0.717) is 6.04 Å². The zero-order chi connectivity index (χ0) is 15.1. The summed E-state index contributed by atoms with van der Waals surface area (Å²) >= 11 is 3.56. The smallest absolute Gasteiger partial charge is 0.122 e. The van der Waals surface area contributed by atoms with Gasteiger partial charge in [0.1, 0.15) is 5.75 Å². The highest BCUT2D eigenvalue weighted by Gasteiger charge is 2.14. The molecule has 0 heterocycles. The van der Waals surface area contributed by atoms with E-state index in [2.05, 4.69) is 64.6 Å². The van der Waals surface area contributed by atoms with Crippen molar-refractivity contribution >= 4 is 15.9 Å². The number of rotatable bonds is 7. The number of nitrogens with one attached hydrogen (secondary N) is 1. The molecular formula is C18H22BrNO. The van der Waals surface area contributed by atoms with Crippen molar-refractivity contribution in [2.75, 3.05) is 13.7 Å². The van der Waals surface area contributed by atoms with E-state index in [9.17, 15) is 0 Å². The van der Waals surface area contributed by atoms with Gasteiger partial charge in [0.15, 0.2) is 0 Å². The van der Waals surface area contributed by atoms with Gasteiger partial charge >= 0.3 is 0 Å². The molecule has 2 aromatic carbocycles. The maximum atomic E-state index is 5.47. The summed E-state index contributed by atoms with van der Waals surface area (Å²) in [5.41, 5.74) is 2.53. The standard InChI is InChI=1S/C18H22BrNO/c1-3-11-20-17(14-8-6-9-16(19)12-14)13-15-7-4-5-10-18(15)21-2/h4-10,12,17,20H,3,11,13H2,1-2H3. The van der Waals surface area contributed by atoms with Crippen molar-refractivity contribution in [3.8, 4) is 5.75 Å². The third kappa shape index (κ3) is 4.58. The molecule has 2 nitrogen and oxygen atoms in total. The number of hydrogen-bond acceptors (Lipinski definition) is 2. The van der Waals surface area contributed by atoms with Gasteiger partial charge in [0.2, 0.25) is 0 Å². The summed E-state index contributed by atoms with van der Waals surface area (Å²) in [6, 6.07) is 17.0. The second-order valence-electron chi connectivity index (χ2n) is 5.08. The Labute approximate surface area is 135 Å². The van der Waals surface area contributed by atoms with Crippen LogP contribution in [0.25, 0.3) is 0 Å². The zero-order valence-electron chi connectivity index (χ0n) is 12.6. The number of halogens is 1. The van der Waals surface area contributed by atoms with E-state index >= 15 is 0 Å². The average Bonchev–Trinajstić information content (AvgIpc) is 2.51. The minimum Gasteiger partial charge on any atom is -0.496 e. The molecule has 0 amide bonds. The Kier molecular flexibility index (Phi) is 6.27. The molecule has 0 aliphatic rings. The Morgan fingerprint density at radius 2 is 1.95 bits per heavy atom. The Hall–Kier alpha value is -1.32. The first-order chi connectivity index (χ1) is 10.2. The van der Waals surface area contributed by atoms with Gasteiger partial charge in [-0.15, -0.1) is 0 Å². The van der Waals surface area contributed by atoms with Crippen LogP contribution in [0.4, 0.5) is 0 Å². The summed E-state index contributed by atoms with van der Waals surface area (Å²) < 4.78 is 6.59. The fourth-order valence-corrected chi connectivity index (χ4v) is 2.86. The molecule has 0 saturated carbocycles. The fourth-order valence-electron chi connectivity index (χ4n) is 2.44. The first-order valence-electron chi connectivity index (χ1n) is 7.35. The summed E-state index contributed by atoms with van der Waals surface area (Å²) in [6.07, 6.45) is 2.04. The molecule has 112 valence electrons. The fraction of sp³-hybridized carbons (Fsp3) is 0.333. The van der Waals surface area contributed by atoms with Crippen molar-refractivity contribution < 1.29 is 4.74 Å². The van der Waals surface area contributed by atoms with Crippen LogP contribution < -0.4 is 10.1 Å². The number of ether oxygens (including phenoxy) is 1. The second kappa shape index (κ2) is 8.20. The van der Waals surface area contributed by atoms with Gasteiger partial charge in [-0.25, -0.2) is 0 Å². The van der Waals surface area contributed by atoms with Gasteiger partial charge in [0.25, 0.3) is 0 Å². The van der Waals surface area contributed by atoms with E-state index in [1.165, 1.54) is 11.1 Å². The van der Waals surface area contributed by atoms with Gasteiger partial charge in [-0.2, -0.15) is 0 Å². The van der Waals surface area contributed by atoms with Crippen LogP contribution in [-0.4, -0.2) is 13.7 Å². The van der Waals surface area contributed by atoms with Crippen LogP contribution in [0.1, 0.15) is 30.5 Å². The highest BCUT2D eigenvalue weighted by Crippen LogP contribution is 2.26. The first-order valence-corrected chi connectivity index (χ1v) is 8.14. The number of methoxy groups -OCH3 is 1. The molecule has 1 atom stereocenters. The molecule has 0 fully saturated rings. The molecular weight excluding hydrogens is 326 g/mol. The van der Waals surface area contributed by atoms with Crippen molar-refractivity contribution in [1.82, 2.24) is 5.32 Å². The van der Waals surface area contributed by atoms with E-state index in [1.54, 1.807) is 7.11 Å². The van der Waals surface area contributed by atoms with Gasteiger partial charge in [0, 0.05) is 10.5 Å². The normalized spacial score (nSPS) is 12.1. The predicted molar refractivity (Wildman–Crippen MR) is 91.9 cm³/mol. The van der Waals surface area contributed by atoms with Crippen molar-refractivity contribution in [2.24, 2.45) is 0 Å². The molecule has 3 heteroatoms. The largest absolute Gasteiger partial charge is 0.496 e. The minimum atomic E-state index is 0.291. The van der Waals surface area contributed by atoms with E-state index in [1.807, 2.05) is 12.1 Å². The Morgan fingerprint density at radius 3 is 2.67 bits per heavy atom. The summed E-state index contributed by atoms with van der Waals surface area (Å²) in [5.74, 6) is 0.954. The van der Waals surface area contributed by atoms with Gasteiger partial charge in [0.05, 0.1) is 7.11 Å². The van der Waals surface area contributed by atoms with Crippen LogP contribution >= 0.6 is 15.9 Å². The summed E-state index contributed by atoms with van der Waals surface area (Å²) in [4.78, 5) is 0. The third-order valence-electron chi connectivity index (χ3n) is 3.51. The average molecular weight is 348 g/mol. The maximum Gasteiger partial charge on any atom is 0.122 e. The number of hydrogen-bond donors (Lipinski definition) is 1. The SMILES string of the molecule is CCCNC(Cc1ccccc1OC)c1cccc(Br)c1. The molecule has 0 aromatic heterocycles. The van der Waals surface area contributed by atoms with Crippen LogP contribution in [-0.2, 0) is 6.42 Å². The molecule has 1 N–H and O–H groups in total.